The van der Waals surface area contributed by atoms with Gasteiger partial charge in [-0.05, 0) is 32.3 Å². The van der Waals surface area contributed by atoms with E-state index < -0.39 is 28.9 Å². The van der Waals surface area contributed by atoms with Crippen LogP contribution < -0.4 is 15.6 Å². The van der Waals surface area contributed by atoms with E-state index in [4.69, 9.17) is 16.3 Å². The number of hydrogen-bond acceptors (Lipinski definition) is 5. The molecule has 10 heteroatoms. The number of nitrogens with one attached hydrogen (secondary N) is 1. The molecule has 2 heterocycles. The van der Waals surface area contributed by atoms with Crippen LogP contribution in [0.5, 0.6) is 0 Å². The highest BCUT2D eigenvalue weighted by molar-refractivity contribution is 6.38. The van der Waals surface area contributed by atoms with Crippen LogP contribution in [0.4, 0.5) is 14.9 Å². The van der Waals surface area contributed by atoms with Crippen LogP contribution in [0.25, 0.3) is 10.9 Å². The van der Waals surface area contributed by atoms with Crippen molar-refractivity contribution in [3.63, 3.8) is 0 Å². The molecule has 2 aliphatic carbocycles. The first kappa shape index (κ1) is 22.7. The van der Waals surface area contributed by atoms with Gasteiger partial charge in [0.15, 0.2) is 0 Å². The van der Waals surface area contributed by atoms with Crippen molar-refractivity contribution in [2.45, 2.75) is 38.3 Å². The molecule has 3 atom stereocenters. The molecule has 2 aromatic rings. The van der Waals surface area contributed by atoms with Crippen LogP contribution in [0.1, 0.15) is 42.6 Å². The van der Waals surface area contributed by atoms with Gasteiger partial charge in [-0.25, -0.2) is 14.0 Å². The van der Waals surface area contributed by atoms with Gasteiger partial charge in [-0.15, -0.1) is 0 Å². The number of benzene rings is 1. The summed E-state index contributed by atoms with van der Waals surface area (Å²) < 4.78 is 22.2. The lowest BCUT2D eigenvalue weighted by molar-refractivity contribution is 0.0694. The van der Waals surface area contributed by atoms with E-state index in [2.05, 4.69) is 11.4 Å². The van der Waals surface area contributed by atoms with E-state index in [0.717, 1.165) is 18.9 Å². The number of aromatic nitrogens is 1. The molecule has 180 valence electrons. The van der Waals surface area contributed by atoms with E-state index >= 15 is 4.39 Å². The van der Waals surface area contributed by atoms with Gasteiger partial charge in [0, 0.05) is 43.2 Å². The number of carboxylic acids is 1. The fourth-order valence-electron chi connectivity index (χ4n) is 5.25. The Hall–Kier alpha value is -3.07. The van der Waals surface area contributed by atoms with E-state index in [9.17, 15) is 19.5 Å². The van der Waals surface area contributed by atoms with Crippen molar-refractivity contribution in [2.75, 3.05) is 24.6 Å². The molecular formula is C24H25ClFN3O5. The molecule has 3 aliphatic rings. The Kier molecular flexibility index (Phi) is 5.75. The third-order valence-corrected chi connectivity index (χ3v) is 7.31. The highest BCUT2D eigenvalue weighted by Crippen LogP contribution is 2.44. The van der Waals surface area contributed by atoms with Crippen LogP contribution in [0.2, 0.25) is 5.02 Å². The van der Waals surface area contributed by atoms with Gasteiger partial charge < -0.3 is 24.6 Å². The molecule has 0 radical (unpaired) electrons. The molecule has 1 saturated heterocycles. The number of nitrogens with zero attached hydrogens (tertiary/aromatic N) is 2. The highest BCUT2D eigenvalue weighted by atomic mass is 35.5. The van der Waals surface area contributed by atoms with Crippen LogP contribution in [0, 0.1) is 17.7 Å². The molecule has 5 rings (SSSR count). The molecule has 0 spiro atoms. The van der Waals surface area contributed by atoms with E-state index in [1.165, 1.54) is 6.20 Å². The predicted molar refractivity (Wildman–Crippen MR) is 125 cm³/mol. The number of carbonyl (C=O) groups excluding carboxylic acids is 1. The number of amides is 1. The average Bonchev–Trinajstić information content (AvgIpc) is 3.53. The number of carboxylic acid groups (broad SMARTS) is 1. The predicted octanol–water partition coefficient (Wildman–Crippen LogP) is 3.95. The Morgan fingerprint density at radius 3 is 2.76 bits per heavy atom. The molecule has 1 aromatic heterocycles. The standard InChI is InChI=1S/C24H25ClFN3O5/c1-2-34-24(33)27-18-5-3-4-12-9-28(10-15(12)18)21-17(26)8-14-20(19(21)25)29(13-6-7-13)11-16(22(14)30)23(31)32/h3-4,8,11-13,15,18H,2,5-7,9-10H2,1H3,(H,27,33)(H,31,32). The number of carbonyl (C=O) groups is 2. The maximum Gasteiger partial charge on any atom is 0.407 e. The summed E-state index contributed by atoms with van der Waals surface area (Å²) in [6.45, 7) is 2.99. The van der Waals surface area contributed by atoms with Crippen molar-refractivity contribution < 1.29 is 23.8 Å². The van der Waals surface area contributed by atoms with E-state index in [-0.39, 0.29) is 46.6 Å². The van der Waals surface area contributed by atoms with E-state index in [0.29, 0.717) is 25.0 Å². The minimum absolute atomic E-state index is 0.0271. The SMILES string of the molecule is CCOC(=O)NC1CC=CC2CN(c3c(F)cc4c(=O)c(C(=O)O)cn(C5CC5)c4c3Cl)CC21. The first-order valence-corrected chi connectivity index (χ1v) is 11.8. The first-order valence-electron chi connectivity index (χ1n) is 11.4. The van der Waals surface area contributed by atoms with Crippen LogP contribution in [-0.4, -0.2) is 47.5 Å². The Morgan fingerprint density at radius 2 is 2.09 bits per heavy atom. The number of rotatable bonds is 5. The summed E-state index contributed by atoms with van der Waals surface area (Å²) in [6, 6.07) is 0.986. The topological polar surface area (TPSA) is 101 Å². The normalized spacial score (nSPS) is 23.7. The number of fused-ring (bicyclic) bond motifs is 2. The molecule has 1 saturated carbocycles. The van der Waals surface area contributed by atoms with Gasteiger partial charge in [0.05, 0.1) is 28.2 Å². The minimum atomic E-state index is -1.35. The van der Waals surface area contributed by atoms with Gasteiger partial charge in [0.25, 0.3) is 0 Å². The summed E-state index contributed by atoms with van der Waals surface area (Å²) in [6.07, 6.45) is 7.26. The van der Waals surface area contributed by atoms with Gasteiger partial charge in [0.1, 0.15) is 11.4 Å². The van der Waals surface area contributed by atoms with Crippen LogP contribution in [-0.2, 0) is 4.74 Å². The van der Waals surface area contributed by atoms with Gasteiger partial charge in [-0.3, -0.25) is 4.79 Å². The lowest BCUT2D eigenvalue weighted by atomic mass is 9.83. The zero-order valence-electron chi connectivity index (χ0n) is 18.6. The van der Waals surface area contributed by atoms with E-state index in [1.54, 1.807) is 11.5 Å². The van der Waals surface area contributed by atoms with Gasteiger partial charge in [0.2, 0.25) is 5.43 Å². The molecule has 34 heavy (non-hydrogen) atoms. The number of pyridine rings is 1. The van der Waals surface area contributed by atoms with Crippen LogP contribution >= 0.6 is 11.6 Å². The number of alkyl carbamates (subject to hydrolysis) is 1. The fraction of sp³-hybridized carbons (Fsp3) is 0.458. The number of aromatic carboxylic acids is 1. The van der Waals surface area contributed by atoms with Crippen LogP contribution in [0.15, 0.2) is 29.2 Å². The molecule has 2 N–H and O–H groups in total. The first-order chi connectivity index (χ1) is 16.3. The summed E-state index contributed by atoms with van der Waals surface area (Å²) >= 11 is 6.77. The summed E-state index contributed by atoms with van der Waals surface area (Å²) in [5.41, 5.74) is -0.581. The van der Waals surface area contributed by atoms with Gasteiger partial charge >= 0.3 is 12.1 Å². The molecule has 1 aliphatic heterocycles. The maximum atomic E-state index is 15.4. The van der Waals surface area contributed by atoms with Crippen molar-refractivity contribution in [3.8, 4) is 0 Å². The highest BCUT2D eigenvalue weighted by Gasteiger charge is 2.41. The van der Waals surface area contributed by atoms with Crippen molar-refractivity contribution in [1.29, 1.82) is 0 Å². The third-order valence-electron chi connectivity index (χ3n) is 6.95. The Morgan fingerprint density at radius 1 is 1.32 bits per heavy atom. The second-order valence-electron chi connectivity index (χ2n) is 9.10. The molecule has 0 bridgehead atoms. The lowest BCUT2D eigenvalue weighted by Gasteiger charge is -2.29. The number of halogens is 2. The van der Waals surface area contributed by atoms with Crippen LogP contribution in [0.3, 0.4) is 0 Å². The average molecular weight is 490 g/mol. The summed E-state index contributed by atoms with van der Waals surface area (Å²) in [5, 5.41) is 12.4. The Balaban J connectivity index is 1.55. The van der Waals surface area contributed by atoms with Gasteiger partial charge in [-0.1, -0.05) is 23.8 Å². The summed E-state index contributed by atoms with van der Waals surface area (Å²) in [7, 11) is 0. The third kappa shape index (κ3) is 3.81. The molecule has 8 nitrogen and oxygen atoms in total. The molecule has 2 fully saturated rings. The Bertz CT molecular complexity index is 1270. The quantitative estimate of drug-likeness (QED) is 0.617. The van der Waals surface area contributed by atoms with E-state index in [1.807, 2.05) is 11.0 Å². The van der Waals surface area contributed by atoms with Crippen molar-refractivity contribution in [1.82, 2.24) is 9.88 Å². The minimum Gasteiger partial charge on any atom is -0.477 e. The van der Waals surface area contributed by atoms with Crippen molar-refractivity contribution in [3.05, 3.63) is 51.0 Å². The molecule has 1 aromatic carbocycles. The molecular weight excluding hydrogens is 465 g/mol. The lowest BCUT2D eigenvalue weighted by Crippen LogP contribution is -2.44. The second-order valence-corrected chi connectivity index (χ2v) is 9.48. The number of ether oxygens (including phenoxy) is 1. The van der Waals surface area contributed by atoms with Crippen molar-refractivity contribution in [2.24, 2.45) is 11.8 Å². The monoisotopic (exact) mass is 489 g/mol. The summed E-state index contributed by atoms with van der Waals surface area (Å²) in [4.78, 5) is 38.3. The number of hydrogen-bond donors (Lipinski definition) is 2. The molecule has 1 amide bonds. The second kappa shape index (κ2) is 8.61. The van der Waals surface area contributed by atoms with Gasteiger partial charge in [-0.2, -0.15) is 0 Å². The fourth-order valence-corrected chi connectivity index (χ4v) is 5.65. The molecule has 3 unspecified atom stereocenters. The van der Waals surface area contributed by atoms with Crippen molar-refractivity contribution >= 4 is 40.3 Å². The zero-order chi connectivity index (χ0) is 24.1. The zero-order valence-corrected chi connectivity index (χ0v) is 19.3. The smallest absolute Gasteiger partial charge is 0.407 e. The maximum absolute atomic E-state index is 15.4. The largest absolute Gasteiger partial charge is 0.477 e. The Labute approximate surface area is 199 Å². The number of anilines is 1. The summed E-state index contributed by atoms with van der Waals surface area (Å²) in [5.74, 6) is -1.89.